The van der Waals surface area contributed by atoms with Gasteiger partial charge < -0.3 is 10.1 Å². The van der Waals surface area contributed by atoms with E-state index < -0.39 is 16.0 Å². The number of hydrogen-bond donors (Lipinski definition) is 1. The molecule has 9 heteroatoms. The predicted octanol–water partition coefficient (Wildman–Crippen LogP) is 5.29. The van der Waals surface area contributed by atoms with E-state index in [9.17, 15) is 18.0 Å². The van der Waals surface area contributed by atoms with E-state index in [1.165, 1.54) is 27.6 Å². The summed E-state index contributed by atoms with van der Waals surface area (Å²) in [6, 6.07) is 36.5. The Morgan fingerprint density at radius 3 is 1.82 bits per heavy atom. The third-order valence-corrected chi connectivity index (χ3v) is 9.61. The number of amides is 1. The normalized spacial score (nSPS) is 14.3. The molecule has 1 aliphatic heterocycles. The Hall–Kier alpha value is -4.31. The maximum absolute atomic E-state index is 13.5. The summed E-state index contributed by atoms with van der Waals surface area (Å²) < 4.78 is 33.7. The first-order chi connectivity index (χ1) is 21.4. The minimum absolute atomic E-state index is 0.0263. The van der Waals surface area contributed by atoms with E-state index in [-0.39, 0.29) is 36.3 Å². The van der Waals surface area contributed by atoms with Gasteiger partial charge in [0.05, 0.1) is 24.0 Å². The molecule has 1 aliphatic rings. The Morgan fingerprint density at radius 1 is 0.705 bits per heavy atom. The molecule has 0 radical (unpaired) electrons. The van der Waals surface area contributed by atoms with Gasteiger partial charge in [0, 0.05) is 44.7 Å². The van der Waals surface area contributed by atoms with Crippen LogP contribution < -0.4 is 5.32 Å². The Labute approximate surface area is 259 Å². The van der Waals surface area contributed by atoms with E-state index in [0.29, 0.717) is 38.3 Å². The maximum Gasteiger partial charge on any atom is 0.306 e. The van der Waals surface area contributed by atoms with Gasteiger partial charge in [-0.3, -0.25) is 14.5 Å². The van der Waals surface area contributed by atoms with Gasteiger partial charge in [0.2, 0.25) is 15.9 Å². The fourth-order valence-corrected chi connectivity index (χ4v) is 6.81. The quantitative estimate of drug-likeness (QED) is 0.219. The smallest absolute Gasteiger partial charge is 0.306 e. The minimum atomic E-state index is -3.70. The summed E-state index contributed by atoms with van der Waals surface area (Å²) in [5.74, 6) is -0.778. The molecule has 0 bridgehead atoms. The van der Waals surface area contributed by atoms with Crippen molar-refractivity contribution >= 4 is 27.6 Å². The average molecular weight is 612 g/mol. The summed E-state index contributed by atoms with van der Waals surface area (Å²) >= 11 is 0. The zero-order chi connectivity index (χ0) is 30.8. The first-order valence-electron chi connectivity index (χ1n) is 14.8. The molecule has 1 saturated heterocycles. The Balaban J connectivity index is 1.11. The molecule has 0 unspecified atom stereocenters. The number of anilines is 1. The van der Waals surface area contributed by atoms with E-state index in [0.717, 1.165) is 5.56 Å². The van der Waals surface area contributed by atoms with Crippen molar-refractivity contribution in [2.24, 2.45) is 0 Å². The van der Waals surface area contributed by atoms with Crippen LogP contribution in [0.4, 0.5) is 5.69 Å². The molecular weight excluding hydrogens is 574 g/mol. The van der Waals surface area contributed by atoms with Crippen LogP contribution in [-0.4, -0.2) is 62.3 Å². The lowest BCUT2D eigenvalue weighted by atomic mass is 9.96. The lowest BCUT2D eigenvalue weighted by Gasteiger charge is -2.39. The zero-order valence-corrected chi connectivity index (χ0v) is 25.4. The number of carbonyl (C=O) groups is 2. The number of nitrogens with zero attached hydrogens (tertiary/aromatic N) is 2. The number of piperazine rings is 1. The van der Waals surface area contributed by atoms with E-state index >= 15 is 0 Å². The number of benzene rings is 4. The van der Waals surface area contributed by atoms with Crippen molar-refractivity contribution < 1.29 is 22.7 Å². The van der Waals surface area contributed by atoms with Crippen molar-refractivity contribution in [1.82, 2.24) is 9.21 Å². The maximum atomic E-state index is 13.5. The van der Waals surface area contributed by atoms with Crippen LogP contribution in [0.1, 0.15) is 35.6 Å². The van der Waals surface area contributed by atoms with Crippen LogP contribution >= 0.6 is 0 Å². The first kappa shape index (κ1) is 31.1. The number of hydrogen-bond acceptors (Lipinski definition) is 6. The predicted molar refractivity (Wildman–Crippen MR) is 170 cm³/mol. The van der Waals surface area contributed by atoms with Crippen LogP contribution in [0.5, 0.6) is 0 Å². The molecule has 0 spiro atoms. The van der Waals surface area contributed by atoms with Crippen LogP contribution in [0.25, 0.3) is 0 Å². The summed E-state index contributed by atoms with van der Waals surface area (Å²) in [5.41, 5.74) is 3.88. The van der Waals surface area contributed by atoms with Gasteiger partial charge in [-0.1, -0.05) is 91.0 Å². The molecule has 1 N–H and O–H groups in total. The van der Waals surface area contributed by atoms with Gasteiger partial charge in [0.1, 0.15) is 0 Å². The number of nitrogens with one attached hydrogen (secondary N) is 1. The highest BCUT2D eigenvalue weighted by molar-refractivity contribution is 7.89. The molecule has 228 valence electrons. The number of ether oxygens (including phenoxy) is 1. The second kappa shape index (κ2) is 14.9. The average Bonchev–Trinajstić information content (AvgIpc) is 3.06. The van der Waals surface area contributed by atoms with Crippen molar-refractivity contribution in [3.05, 3.63) is 132 Å². The minimum Gasteiger partial charge on any atom is -0.465 e. The molecule has 0 aliphatic carbocycles. The Bertz CT molecular complexity index is 1570. The lowest BCUT2D eigenvalue weighted by molar-refractivity contribution is -0.144. The summed E-state index contributed by atoms with van der Waals surface area (Å²) in [6.45, 7) is 2.19. The van der Waals surface area contributed by atoms with Gasteiger partial charge in [-0.05, 0) is 41.0 Å². The van der Waals surface area contributed by atoms with E-state index in [1.807, 2.05) is 66.7 Å². The van der Waals surface area contributed by atoms with E-state index in [4.69, 9.17) is 4.74 Å². The van der Waals surface area contributed by atoms with Crippen LogP contribution in [0, 0.1) is 0 Å². The van der Waals surface area contributed by atoms with Gasteiger partial charge in [0.15, 0.2) is 0 Å². The number of sulfonamides is 1. The van der Waals surface area contributed by atoms with Crippen LogP contribution in [-0.2, 0) is 30.8 Å². The summed E-state index contributed by atoms with van der Waals surface area (Å²) in [7, 11) is -3.70. The molecule has 1 amide bonds. The Morgan fingerprint density at radius 2 is 1.25 bits per heavy atom. The monoisotopic (exact) mass is 611 g/mol. The van der Waals surface area contributed by atoms with Gasteiger partial charge in [-0.25, -0.2) is 8.42 Å². The summed E-state index contributed by atoms with van der Waals surface area (Å²) in [6.07, 6.45) is 0.557. The van der Waals surface area contributed by atoms with Crippen molar-refractivity contribution in [3.8, 4) is 0 Å². The SMILES string of the molecule is O=C(CCC(=O)OCCc1ccccc1)Nc1ccc(S(=O)(=O)N2CCN(C(c3ccccc3)c3ccccc3)CC2)cc1. The van der Waals surface area contributed by atoms with E-state index in [2.05, 4.69) is 34.5 Å². The number of esters is 1. The number of carbonyl (C=O) groups excluding carboxylic acids is 2. The third-order valence-electron chi connectivity index (χ3n) is 7.70. The van der Waals surface area contributed by atoms with Gasteiger partial charge in [0.25, 0.3) is 0 Å². The fourth-order valence-electron chi connectivity index (χ4n) is 5.38. The molecule has 0 atom stereocenters. The molecule has 8 nitrogen and oxygen atoms in total. The highest BCUT2D eigenvalue weighted by Crippen LogP contribution is 2.30. The van der Waals surface area contributed by atoms with Crippen molar-refractivity contribution in [1.29, 1.82) is 0 Å². The standard InChI is InChI=1S/C35H37N3O5S/c39-33(20-21-34(40)43-27-22-28-10-4-1-5-11-28)36-31-16-18-32(19-17-31)44(41,42)38-25-23-37(24-26-38)35(29-12-6-2-7-13-29)30-14-8-3-9-15-30/h1-19,35H,20-27H2,(H,36,39). The molecule has 0 saturated carbocycles. The van der Waals surface area contributed by atoms with Crippen LogP contribution in [0.2, 0.25) is 0 Å². The van der Waals surface area contributed by atoms with Gasteiger partial charge in [-0.15, -0.1) is 0 Å². The zero-order valence-electron chi connectivity index (χ0n) is 24.5. The number of rotatable bonds is 12. The highest BCUT2D eigenvalue weighted by atomic mass is 32.2. The molecule has 5 rings (SSSR count). The molecule has 0 aromatic heterocycles. The van der Waals surface area contributed by atoms with Crippen molar-refractivity contribution in [2.45, 2.75) is 30.2 Å². The van der Waals surface area contributed by atoms with E-state index in [1.54, 1.807) is 12.1 Å². The second-order valence-corrected chi connectivity index (χ2v) is 12.6. The third kappa shape index (κ3) is 8.19. The topological polar surface area (TPSA) is 96.0 Å². The summed E-state index contributed by atoms with van der Waals surface area (Å²) in [5, 5.41) is 2.72. The Kier molecular flexibility index (Phi) is 10.6. The van der Waals surface area contributed by atoms with Crippen molar-refractivity contribution in [2.75, 3.05) is 38.1 Å². The molecule has 1 fully saturated rings. The van der Waals surface area contributed by atoms with Gasteiger partial charge in [-0.2, -0.15) is 4.31 Å². The molecule has 4 aromatic rings. The fraction of sp³-hybridized carbons (Fsp3) is 0.257. The largest absolute Gasteiger partial charge is 0.465 e. The highest BCUT2D eigenvalue weighted by Gasteiger charge is 2.32. The van der Waals surface area contributed by atoms with Crippen LogP contribution in [0.3, 0.4) is 0 Å². The van der Waals surface area contributed by atoms with Gasteiger partial charge >= 0.3 is 5.97 Å². The first-order valence-corrected chi connectivity index (χ1v) is 16.3. The van der Waals surface area contributed by atoms with Crippen molar-refractivity contribution in [3.63, 3.8) is 0 Å². The molecule has 4 aromatic carbocycles. The molecular formula is C35H37N3O5S. The van der Waals surface area contributed by atoms with Crippen LogP contribution in [0.15, 0.2) is 120 Å². The molecule has 1 heterocycles. The second-order valence-electron chi connectivity index (χ2n) is 10.7. The summed E-state index contributed by atoms with van der Waals surface area (Å²) in [4.78, 5) is 26.9. The lowest BCUT2D eigenvalue weighted by Crippen LogP contribution is -2.49. The molecule has 44 heavy (non-hydrogen) atoms.